The molecule has 0 aliphatic carbocycles. The Balaban J connectivity index is 1.55. The van der Waals surface area contributed by atoms with Gasteiger partial charge in [0.1, 0.15) is 17.8 Å². The summed E-state index contributed by atoms with van der Waals surface area (Å²) in [4.78, 5) is 28.6. The molecule has 2 aromatic heterocycles. The van der Waals surface area contributed by atoms with Crippen molar-refractivity contribution in [3.8, 4) is 11.5 Å². The minimum Gasteiger partial charge on any atom is -0.467 e. The number of ether oxygens (including phenoxy) is 3. The molecule has 11 heteroatoms. The van der Waals surface area contributed by atoms with Crippen LogP contribution in [0.5, 0.6) is 11.5 Å². The molecule has 4 aromatic rings. The molecular weight excluding hydrogens is 454 g/mol. The van der Waals surface area contributed by atoms with Gasteiger partial charge in [0.05, 0.1) is 18.4 Å². The van der Waals surface area contributed by atoms with E-state index < -0.39 is 17.9 Å². The zero-order chi connectivity index (χ0) is 24.2. The molecule has 0 fully saturated rings. The third-order valence-electron chi connectivity index (χ3n) is 5.53. The summed E-state index contributed by atoms with van der Waals surface area (Å²) >= 11 is 0. The lowest BCUT2D eigenvalue weighted by Crippen LogP contribution is -2.45. The molecule has 180 valence electrons. The van der Waals surface area contributed by atoms with Crippen molar-refractivity contribution in [1.29, 1.82) is 0 Å². The van der Waals surface area contributed by atoms with E-state index in [1.54, 1.807) is 37.4 Å². The van der Waals surface area contributed by atoms with Gasteiger partial charge in [-0.2, -0.15) is 0 Å². The fraction of sp³-hybridized carbons (Fsp3) is 0.250. The number of fused-ring (bicyclic) bond motifs is 2. The van der Waals surface area contributed by atoms with E-state index in [-0.39, 0.29) is 19.9 Å². The average molecular weight is 477 g/mol. The van der Waals surface area contributed by atoms with Gasteiger partial charge in [0, 0.05) is 25.4 Å². The Morgan fingerprint density at radius 1 is 1.14 bits per heavy atom. The number of furan rings is 1. The largest absolute Gasteiger partial charge is 0.467 e. The third-order valence-corrected chi connectivity index (χ3v) is 5.53. The molecule has 0 saturated heterocycles. The number of hydrogen-bond donors (Lipinski definition) is 1. The smallest absolute Gasteiger partial charge is 0.251 e. The van der Waals surface area contributed by atoms with Crippen LogP contribution in [0.25, 0.3) is 11.0 Å². The van der Waals surface area contributed by atoms with Crippen molar-refractivity contribution >= 4 is 28.5 Å². The van der Waals surface area contributed by atoms with E-state index >= 15 is 0 Å². The third kappa shape index (κ3) is 4.53. The molecule has 35 heavy (non-hydrogen) atoms. The SMILES string of the molecule is COCCNC(=O)[C@H](c1ccco1)N(C(=O)Cn1nnc2ccccc21)c1ccc2c(c1)OCO2. The van der Waals surface area contributed by atoms with Crippen LogP contribution in [-0.2, 0) is 20.9 Å². The van der Waals surface area contributed by atoms with Crippen LogP contribution in [0.15, 0.2) is 65.3 Å². The van der Waals surface area contributed by atoms with Gasteiger partial charge in [-0.1, -0.05) is 17.3 Å². The predicted molar refractivity (Wildman–Crippen MR) is 124 cm³/mol. The van der Waals surface area contributed by atoms with E-state index in [1.807, 2.05) is 24.3 Å². The molecule has 1 atom stereocenters. The van der Waals surface area contributed by atoms with Gasteiger partial charge in [0.15, 0.2) is 17.5 Å². The van der Waals surface area contributed by atoms with Crippen LogP contribution in [-0.4, -0.2) is 53.9 Å². The summed E-state index contributed by atoms with van der Waals surface area (Å²) in [6.45, 7) is 0.511. The lowest BCUT2D eigenvalue weighted by molar-refractivity contribution is -0.127. The van der Waals surface area contributed by atoms with Crippen LogP contribution < -0.4 is 19.7 Å². The number of amides is 2. The van der Waals surface area contributed by atoms with Gasteiger partial charge in [0.2, 0.25) is 12.7 Å². The Hall–Kier alpha value is -4.38. The first-order valence-corrected chi connectivity index (χ1v) is 11.0. The summed E-state index contributed by atoms with van der Waals surface area (Å²) in [5.41, 5.74) is 1.80. The molecule has 0 saturated carbocycles. The number of hydrogen-bond acceptors (Lipinski definition) is 8. The molecule has 1 N–H and O–H groups in total. The number of aromatic nitrogens is 3. The molecule has 2 aromatic carbocycles. The first-order valence-electron chi connectivity index (χ1n) is 11.0. The van der Waals surface area contributed by atoms with Crippen LogP contribution in [0.1, 0.15) is 11.8 Å². The van der Waals surface area contributed by atoms with Gasteiger partial charge in [-0.3, -0.25) is 14.5 Å². The Kier molecular flexibility index (Phi) is 6.31. The van der Waals surface area contributed by atoms with Crippen LogP contribution in [0, 0.1) is 0 Å². The number of carbonyl (C=O) groups excluding carboxylic acids is 2. The molecule has 2 amide bonds. The molecular formula is C24H23N5O6. The zero-order valence-corrected chi connectivity index (χ0v) is 18.9. The van der Waals surface area contributed by atoms with Crippen molar-refractivity contribution in [1.82, 2.24) is 20.3 Å². The van der Waals surface area contributed by atoms with Gasteiger partial charge in [-0.05, 0) is 36.4 Å². The minimum absolute atomic E-state index is 0.0802. The second-order valence-electron chi connectivity index (χ2n) is 7.74. The highest BCUT2D eigenvalue weighted by Crippen LogP contribution is 2.38. The van der Waals surface area contributed by atoms with E-state index in [1.165, 1.54) is 15.8 Å². The highest BCUT2D eigenvalue weighted by Gasteiger charge is 2.36. The van der Waals surface area contributed by atoms with E-state index in [2.05, 4.69) is 15.6 Å². The van der Waals surface area contributed by atoms with E-state index in [0.29, 0.717) is 40.6 Å². The van der Waals surface area contributed by atoms with Crippen LogP contribution in [0.4, 0.5) is 5.69 Å². The van der Waals surface area contributed by atoms with Gasteiger partial charge >= 0.3 is 0 Å². The first kappa shape index (κ1) is 22.4. The second kappa shape index (κ2) is 9.85. The summed E-state index contributed by atoms with van der Waals surface area (Å²) in [6.07, 6.45) is 1.46. The molecule has 0 bridgehead atoms. The maximum Gasteiger partial charge on any atom is 0.251 e. The quantitative estimate of drug-likeness (QED) is 0.365. The Labute approximate surface area is 200 Å². The molecule has 1 aliphatic rings. The highest BCUT2D eigenvalue weighted by atomic mass is 16.7. The number of benzene rings is 2. The lowest BCUT2D eigenvalue weighted by Gasteiger charge is -2.30. The lowest BCUT2D eigenvalue weighted by atomic mass is 10.1. The molecule has 11 nitrogen and oxygen atoms in total. The number of rotatable bonds is 9. The van der Waals surface area contributed by atoms with Crippen molar-refractivity contribution in [3.63, 3.8) is 0 Å². The van der Waals surface area contributed by atoms with Crippen LogP contribution in [0.3, 0.4) is 0 Å². The standard InChI is InChI=1S/C24H23N5O6/c1-32-12-10-25-24(31)23(20-7-4-11-33-20)29(16-8-9-19-21(13-16)35-15-34-19)22(30)14-28-18-6-3-2-5-17(18)26-27-28/h2-9,11,13,23H,10,12,14-15H2,1H3,(H,25,31)/t23-/m0/s1. The first-order chi connectivity index (χ1) is 17.2. The molecule has 0 spiro atoms. The summed E-state index contributed by atoms with van der Waals surface area (Å²) in [6, 6.07) is 14.6. The van der Waals surface area contributed by atoms with Crippen LogP contribution >= 0.6 is 0 Å². The fourth-order valence-electron chi connectivity index (χ4n) is 3.90. The Bertz CT molecular complexity index is 1340. The topological polar surface area (TPSA) is 121 Å². The van der Waals surface area contributed by atoms with Crippen molar-refractivity contribution in [2.75, 3.05) is 32.0 Å². The number of methoxy groups -OCH3 is 1. The fourth-order valence-corrected chi connectivity index (χ4v) is 3.90. The van der Waals surface area contributed by atoms with Crippen molar-refractivity contribution < 1.29 is 28.2 Å². The highest BCUT2D eigenvalue weighted by molar-refractivity contribution is 6.01. The van der Waals surface area contributed by atoms with Gasteiger partial charge in [-0.15, -0.1) is 5.10 Å². The second-order valence-corrected chi connectivity index (χ2v) is 7.74. The maximum atomic E-state index is 13.8. The van der Waals surface area contributed by atoms with E-state index in [0.717, 1.165) is 0 Å². The maximum absolute atomic E-state index is 13.8. The summed E-state index contributed by atoms with van der Waals surface area (Å²) in [5, 5.41) is 11.1. The molecule has 3 heterocycles. The van der Waals surface area contributed by atoms with E-state index in [9.17, 15) is 9.59 Å². The van der Waals surface area contributed by atoms with Crippen molar-refractivity contribution in [2.45, 2.75) is 12.6 Å². The van der Waals surface area contributed by atoms with E-state index in [4.69, 9.17) is 18.6 Å². The van der Waals surface area contributed by atoms with Gasteiger partial charge in [-0.25, -0.2) is 4.68 Å². The number of anilines is 1. The zero-order valence-electron chi connectivity index (χ0n) is 18.9. The molecule has 0 radical (unpaired) electrons. The number of carbonyl (C=O) groups is 2. The predicted octanol–water partition coefficient (Wildman–Crippen LogP) is 2.29. The summed E-state index contributed by atoms with van der Waals surface area (Å²) in [5.74, 6) is 0.510. The van der Waals surface area contributed by atoms with Crippen molar-refractivity contribution in [3.05, 3.63) is 66.6 Å². The monoisotopic (exact) mass is 477 g/mol. The number of nitrogens with one attached hydrogen (secondary N) is 1. The van der Waals surface area contributed by atoms with Crippen LogP contribution in [0.2, 0.25) is 0 Å². The summed E-state index contributed by atoms with van der Waals surface area (Å²) < 4.78 is 23.1. The minimum atomic E-state index is -1.09. The van der Waals surface area contributed by atoms with Gasteiger partial charge < -0.3 is 23.9 Å². The average Bonchev–Trinajstić information content (AvgIpc) is 3.63. The normalized spacial score (nSPS) is 13.1. The van der Waals surface area contributed by atoms with Crippen molar-refractivity contribution in [2.24, 2.45) is 0 Å². The molecule has 5 rings (SSSR count). The number of nitrogens with zero attached hydrogens (tertiary/aromatic N) is 4. The Morgan fingerprint density at radius 2 is 2.00 bits per heavy atom. The van der Waals surface area contributed by atoms with Gasteiger partial charge in [0.25, 0.3) is 5.91 Å². The molecule has 1 aliphatic heterocycles. The number of para-hydroxylation sites is 1. The molecule has 0 unspecified atom stereocenters. The summed E-state index contributed by atoms with van der Waals surface area (Å²) in [7, 11) is 1.54. The Morgan fingerprint density at radius 3 is 2.83 bits per heavy atom.